The monoisotopic (exact) mass is 225 g/mol. The number of ether oxygens (including phenoxy) is 1. The summed E-state index contributed by atoms with van der Waals surface area (Å²) < 4.78 is 7.33. The summed E-state index contributed by atoms with van der Waals surface area (Å²) in [6.07, 6.45) is 0.965. The maximum absolute atomic E-state index is 5.43. The van der Waals surface area contributed by atoms with Gasteiger partial charge < -0.3 is 10.1 Å². The molecule has 1 atom stereocenters. The van der Waals surface area contributed by atoms with Crippen molar-refractivity contribution in [3.8, 4) is 0 Å². The van der Waals surface area contributed by atoms with Crippen molar-refractivity contribution in [1.82, 2.24) is 25.5 Å². The molecule has 6 nitrogen and oxygen atoms in total. The van der Waals surface area contributed by atoms with Gasteiger partial charge in [0.25, 0.3) is 0 Å². The average Bonchev–Trinajstić information content (AvgIpc) is 2.83. The molecule has 0 amide bonds. The Labute approximate surface area is 95.4 Å². The van der Waals surface area contributed by atoms with Gasteiger partial charge in [0.1, 0.15) is 0 Å². The number of hydrogen-bond donors (Lipinski definition) is 1. The van der Waals surface area contributed by atoms with Crippen LogP contribution in [0.1, 0.15) is 33.0 Å². The zero-order chi connectivity index (χ0) is 11.6. The predicted molar refractivity (Wildman–Crippen MR) is 58.9 cm³/mol. The molecular formula is C10H19N5O. The van der Waals surface area contributed by atoms with Gasteiger partial charge in [0.15, 0.2) is 5.82 Å². The van der Waals surface area contributed by atoms with Crippen molar-refractivity contribution in [1.29, 1.82) is 0 Å². The van der Waals surface area contributed by atoms with E-state index in [1.54, 1.807) is 0 Å². The van der Waals surface area contributed by atoms with Crippen molar-refractivity contribution in [3.63, 3.8) is 0 Å². The minimum Gasteiger partial charge on any atom is -0.379 e. The van der Waals surface area contributed by atoms with Gasteiger partial charge in [0, 0.05) is 12.6 Å². The number of aromatic nitrogens is 4. The minimum atomic E-state index is -0.0858. The molecule has 0 saturated carbocycles. The summed E-state index contributed by atoms with van der Waals surface area (Å²) in [4.78, 5) is 0. The average molecular weight is 225 g/mol. The summed E-state index contributed by atoms with van der Waals surface area (Å²) >= 11 is 0. The molecule has 16 heavy (non-hydrogen) atoms. The van der Waals surface area contributed by atoms with E-state index in [0.717, 1.165) is 18.9 Å². The Hall–Kier alpha value is -1.01. The Balaban J connectivity index is 2.12. The third-order valence-corrected chi connectivity index (χ3v) is 2.91. The van der Waals surface area contributed by atoms with Gasteiger partial charge in [-0.2, -0.15) is 0 Å². The Bertz CT molecular complexity index is 343. The Kier molecular flexibility index (Phi) is 3.20. The number of rotatable bonds is 4. The summed E-state index contributed by atoms with van der Waals surface area (Å²) in [5, 5.41) is 15.2. The molecule has 90 valence electrons. The first-order chi connectivity index (χ1) is 7.62. The molecule has 0 radical (unpaired) electrons. The Morgan fingerprint density at radius 1 is 1.56 bits per heavy atom. The lowest BCUT2D eigenvalue weighted by Gasteiger charge is -2.23. The van der Waals surface area contributed by atoms with Crippen LogP contribution in [0.5, 0.6) is 0 Å². The third-order valence-electron chi connectivity index (χ3n) is 2.91. The molecule has 1 aromatic rings. The fourth-order valence-electron chi connectivity index (χ4n) is 1.85. The second-order valence-corrected chi connectivity index (χ2v) is 4.84. The van der Waals surface area contributed by atoms with Crippen LogP contribution in [0.2, 0.25) is 0 Å². The number of nitrogens with zero attached hydrogens (tertiary/aromatic N) is 4. The van der Waals surface area contributed by atoms with E-state index in [9.17, 15) is 0 Å². The van der Waals surface area contributed by atoms with Crippen LogP contribution in [0.3, 0.4) is 0 Å². The maximum Gasteiger partial charge on any atom is 0.165 e. The van der Waals surface area contributed by atoms with Crippen molar-refractivity contribution in [3.05, 3.63) is 5.82 Å². The molecule has 2 heterocycles. The molecule has 1 aliphatic heterocycles. The molecule has 0 aliphatic carbocycles. The van der Waals surface area contributed by atoms with Crippen molar-refractivity contribution in [2.45, 2.75) is 45.3 Å². The summed E-state index contributed by atoms with van der Waals surface area (Å²) in [6.45, 7) is 8.51. The fourth-order valence-corrected chi connectivity index (χ4v) is 1.85. The predicted octanol–water partition coefficient (Wildman–Crippen LogP) is 0.307. The molecule has 1 N–H and O–H groups in total. The van der Waals surface area contributed by atoms with Crippen LogP contribution >= 0.6 is 0 Å². The second-order valence-electron chi connectivity index (χ2n) is 4.84. The van der Waals surface area contributed by atoms with Gasteiger partial charge in [-0.25, -0.2) is 4.68 Å². The van der Waals surface area contributed by atoms with Gasteiger partial charge in [-0.3, -0.25) is 0 Å². The molecule has 1 fully saturated rings. The van der Waals surface area contributed by atoms with E-state index < -0.39 is 0 Å². The topological polar surface area (TPSA) is 64.9 Å². The van der Waals surface area contributed by atoms with E-state index in [4.69, 9.17) is 4.74 Å². The second kappa shape index (κ2) is 4.47. The molecule has 1 saturated heterocycles. The van der Waals surface area contributed by atoms with Gasteiger partial charge in [-0.05, 0) is 23.8 Å². The zero-order valence-electron chi connectivity index (χ0n) is 10.1. The molecular weight excluding hydrogens is 206 g/mol. The van der Waals surface area contributed by atoms with Crippen LogP contribution < -0.4 is 5.32 Å². The molecule has 0 bridgehead atoms. The lowest BCUT2D eigenvalue weighted by molar-refractivity contribution is 0.152. The van der Waals surface area contributed by atoms with E-state index in [2.05, 4.69) is 41.6 Å². The fraction of sp³-hybridized carbons (Fsp3) is 0.900. The van der Waals surface area contributed by atoms with E-state index in [-0.39, 0.29) is 5.54 Å². The summed E-state index contributed by atoms with van der Waals surface area (Å²) in [5.74, 6) is 0.877. The molecule has 0 aromatic carbocycles. The van der Waals surface area contributed by atoms with Crippen LogP contribution in [0.25, 0.3) is 0 Å². The molecule has 6 heteroatoms. The molecule has 2 rings (SSSR count). The van der Waals surface area contributed by atoms with E-state index in [0.29, 0.717) is 19.2 Å². The van der Waals surface area contributed by atoms with Crippen LogP contribution in [-0.2, 0) is 16.8 Å². The van der Waals surface area contributed by atoms with E-state index >= 15 is 0 Å². The summed E-state index contributed by atoms with van der Waals surface area (Å²) in [7, 11) is 0. The highest BCUT2D eigenvalue weighted by Crippen LogP contribution is 2.26. The van der Waals surface area contributed by atoms with Gasteiger partial charge in [0.2, 0.25) is 0 Å². The Morgan fingerprint density at radius 3 is 3.00 bits per heavy atom. The first kappa shape index (κ1) is 11.5. The van der Waals surface area contributed by atoms with Gasteiger partial charge in [0.05, 0.1) is 18.7 Å². The van der Waals surface area contributed by atoms with Crippen molar-refractivity contribution in [2.24, 2.45) is 0 Å². The maximum atomic E-state index is 5.43. The zero-order valence-corrected chi connectivity index (χ0v) is 10.1. The highest BCUT2D eigenvalue weighted by molar-refractivity contribution is 4.92. The lowest BCUT2D eigenvalue weighted by Crippen LogP contribution is -2.35. The third kappa shape index (κ3) is 2.22. The number of hydrogen-bond acceptors (Lipinski definition) is 5. The summed E-state index contributed by atoms with van der Waals surface area (Å²) in [5.41, 5.74) is -0.0858. The van der Waals surface area contributed by atoms with Crippen LogP contribution in [0.4, 0.5) is 0 Å². The Morgan fingerprint density at radius 2 is 2.38 bits per heavy atom. The molecule has 1 unspecified atom stereocenters. The lowest BCUT2D eigenvalue weighted by atomic mass is 10.0. The van der Waals surface area contributed by atoms with Gasteiger partial charge in [-0.1, -0.05) is 13.8 Å². The number of tetrazole rings is 1. The minimum absolute atomic E-state index is 0.0858. The summed E-state index contributed by atoms with van der Waals surface area (Å²) in [6, 6.07) is 0.429. The highest BCUT2D eigenvalue weighted by Gasteiger charge is 2.34. The van der Waals surface area contributed by atoms with Gasteiger partial charge in [-0.15, -0.1) is 5.10 Å². The SMILES string of the molecule is CC(C)NCc1nnnn1C1(C)CCOC1. The number of nitrogens with one attached hydrogen (secondary N) is 1. The molecule has 1 aromatic heterocycles. The quantitative estimate of drug-likeness (QED) is 0.798. The van der Waals surface area contributed by atoms with Crippen LogP contribution in [0, 0.1) is 0 Å². The van der Waals surface area contributed by atoms with Crippen molar-refractivity contribution in [2.75, 3.05) is 13.2 Å². The highest BCUT2D eigenvalue weighted by atomic mass is 16.5. The van der Waals surface area contributed by atoms with Gasteiger partial charge >= 0.3 is 0 Å². The van der Waals surface area contributed by atoms with Crippen LogP contribution in [-0.4, -0.2) is 39.5 Å². The van der Waals surface area contributed by atoms with E-state index in [1.165, 1.54) is 0 Å². The molecule has 0 spiro atoms. The van der Waals surface area contributed by atoms with Crippen LogP contribution in [0.15, 0.2) is 0 Å². The molecule has 1 aliphatic rings. The normalized spacial score (nSPS) is 25.5. The largest absolute Gasteiger partial charge is 0.379 e. The first-order valence-corrected chi connectivity index (χ1v) is 5.71. The smallest absolute Gasteiger partial charge is 0.165 e. The van der Waals surface area contributed by atoms with E-state index in [1.807, 2.05) is 4.68 Å². The van der Waals surface area contributed by atoms with Crippen molar-refractivity contribution < 1.29 is 4.74 Å². The first-order valence-electron chi connectivity index (χ1n) is 5.71. The van der Waals surface area contributed by atoms with Crippen molar-refractivity contribution >= 4 is 0 Å². The standard InChI is InChI=1S/C10H19N5O/c1-8(2)11-6-9-12-13-14-15(9)10(3)4-5-16-7-10/h8,11H,4-7H2,1-3H3.